The Hall–Kier alpha value is -2.47. The minimum atomic E-state index is -0.0502. The van der Waals surface area contributed by atoms with Crippen LogP contribution in [0.4, 0.5) is 0 Å². The van der Waals surface area contributed by atoms with E-state index in [1.54, 1.807) is 4.68 Å². The van der Waals surface area contributed by atoms with Crippen molar-refractivity contribution in [3.8, 4) is 5.69 Å². The molecule has 6 nitrogen and oxygen atoms in total. The fourth-order valence-corrected chi connectivity index (χ4v) is 2.12. The summed E-state index contributed by atoms with van der Waals surface area (Å²) in [4.78, 5) is 0. The SMILES string of the molecule is CCC(N)c1cn(Cc2cnn(-c3ccccc3)c2)nn1. The van der Waals surface area contributed by atoms with Crippen molar-refractivity contribution in [2.45, 2.75) is 25.9 Å². The van der Waals surface area contributed by atoms with Crippen molar-refractivity contribution in [2.75, 3.05) is 0 Å². The zero-order valence-corrected chi connectivity index (χ0v) is 11.9. The molecule has 2 aromatic heterocycles. The highest BCUT2D eigenvalue weighted by Crippen LogP contribution is 2.11. The standard InChI is InChI=1S/C15H18N6/c1-2-14(16)15-11-20(19-18-15)9-12-8-17-21(10-12)13-6-4-3-5-7-13/h3-8,10-11,14H,2,9,16H2,1H3. The second kappa shape index (κ2) is 5.88. The monoisotopic (exact) mass is 282 g/mol. The van der Waals surface area contributed by atoms with Crippen molar-refractivity contribution in [3.05, 3.63) is 60.2 Å². The van der Waals surface area contributed by atoms with E-state index in [-0.39, 0.29) is 6.04 Å². The first-order valence-corrected chi connectivity index (χ1v) is 7.01. The van der Waals surface area contributed by atoms with E-state index in [1.807, 2.05) is 60.5 Å². The van der Waals surface area contributed by atoms with Gasteiger partial charge in [0.15, 0.2) is 0 Å². The molecule has 3 aromatic rings. The van der Waals surface area contributed by atoms with Crippen LogP contribution in [0, 0.1) is 0 Å². The molecule has 0 spiro atoms. The Morgan fingerprint density at radius 1 is 1.19 bits per heavy atom. The van der Waals surface area contributed by atoms with E-state index in [4.69, 9.17) is 5.73 Å². The Morgan fingerprint density at radius 2 is 2.00 bits per heavy atom. The fraction of sp³-hybridized carbons (Fsp3) is 0.267. The predicted molar refractivity (Wildman–Crippen MR) is 79.9 cm³/mol. The molecule has 0 amide bonds. The molecule has 3 rings (SSSR count). The topological polar surface area (TPSA) is 74.6 Å². The van der Waals surface area contributed by atoms with Crippen molar-refractivity contribution >= 4 is 0 Å². The van der Waals surface area contributed by atoms with Gasteiger partial charge in [-0.1, -0.05) is 30.3 Å². The van der Waals surface area contributed by atoms with Crippen LogP contribution in [0.2, 0.25) is 0 Å². The van der Waals surface area contributed by atoms with Crippen LogP contribution in [0.15, 0.2) is 48.9 Å². The zero-order chi connectivity index (χ0) is 14.7. The second-order valence-electron chi connectivity index (χ2n) is 4.98. The van der Waals surface area contributed by atoms with Gasteiger partial charge in [0.2, 0.25) is 0 Å². The number of rotatable bonds is 5. The molecule has 1 unspecified atom stereocenters. The maximum Gasteiger partial charge on any atom is 0.0994 e. The number of nitrogens with zero attached hydrogens (tertiary/aromatic N) is 5. The quantitative estimate of drug-likeness (QED) is 0.776. The molecular weight excluding hydrogens is 264 g/mol. The van der Waals surface area contributed by atoms with E-state index in [1.165, 1.54) is 0 Å². The number of nitrogens with two attached hydrogens (primary N) is 1. The van der Waals surface area contributed by atoms with Gasteiger partial charge in [0.05, 0.1) is 36.4 Å². The molecule has 1 atom stereocenters. The summed E-state index contributed by atoms with van der Waals surface area (Å²) in [6.45, 7) is 2.67. The number of aromatic nitrogens is 5. The molecule has 2 heterocycles. The first-order chi connectivity index (χ1) is 10.3. The first-order valence-electron chi connectivity index (χ1n) is 7.01. The summed E-state index contributed by atoms with van der Waals surface area (Å²) in [6, 6.07) is 9.96. The fourth-order valence-electron chi connectivity index (χ4n) is 2.12. The number of hydrogen-bond acceptors (Lipinski definition) is 4. The highest BCUT2D eigenvalue weighted by Gasteiger charge is 2.09. The summed E-state index contributed by atoms with van der Waals surface area (Å²) in [7, 11) is 0. The van der Waals surface area contributed by atoms with Gasteiger partial charge in [-0.05, 0) is 18.6 Å². The average molecular weight is 282 g/mol. The maximum absolute atomic E-state index is 5.95. The van der Waals surface area contributed by atoms with Crippen LogP contribution in [-0.4, -0.2) is 24.8 Å². The third kappa shape index (κ3) is 3.00. The van der Waals surface area contributed by atoms with Crippen LogP contribution >= 0.6 is 0 Å². The molecule has 0 aliphatic carbocycles. The minimum Gasteiger partial charge on any atom is -0.323 e. The largest absolute Gasteiger partial charge is 0.323 e. The summed E-state index contributed by atoms with van der Waals surface area (Å²) in [6.07, 6.45) is 6.59. The lowest BCUT2D eigenvalue weighted by Gasteiger charge is -2.01. The molecule has 108 valence electrons. The van der Waals surface area contributed by atoms with Crippen molar-refractivity contribution in [2.24, 2.45) is 5.73 Å². The summed E-state index contributed by atoms with van der Waals surface area (Å²) in [5.74, 6) is 0. The molecular formula is C15H18N6. The van der Waals surface area contributed by atoms with Crippen LogP contribution in [0.1, 0.15) is 30.6 Å². The molecule has 2 N–H and O–H groups in total. The molecule has 0 radical (unpaired) electrons. The van der Waals surface area contributed by atoms with Crippen molar-refractivity contribution < 1.29 is 0 Å². The first kappa shape index (κ1) is 13.5. The highest BCUT2D eigenvalue weighted by molar-refractivity contribution is 5.30. The molecule has 0 saturated heterocycles. The Bertz CT molecular complexity index is 700. The van der Waals surface area contributed by atoms with Gasteiger partial charge < -0.3 is 5.73 Å². The van der Waals surface area contributed by atoms with E-state index >= 15 is 0 Å². The number of hydrogen-bond donors (Lipinski definition) is 1. The van der Waals surface area contributed by atoms with Crippen LogP contribution in [0.5, 0.6) is 0 Å². The average Bonchev–Trinajstić information content (AvgIpc) is 3.17. The molecule has 0 fully saturated rings. The summed E-state index contributed by atoms with van der Waals surface area (Å²) >= 11 is 0. The van der Waals surface area contributed by atoms with Gasteiger partial charge in [-0.3, -0.25) is 0 Å². The molecule has 0 aliphatic heterocycles. The van der Waals surface area contributed by atoms with Crippen LogP contribution in [0.25, 0.3) is 5.69 Å². The van der Waals surface area contributed by atoms with E-state index in [0.717, 1.165) is 23.4 Å². The third-order valence-corrected chi connectivity index (χ3v) is 3.38. The molecule has 6 heteroatoms. The smallest absolute Gasteiger partial charge is 0.0994 e. The van der Waals surface area contributed by atoms with Gasteiger partial charge in [-0.25, -0.2) is 9.36 Å². The Balaban J connectivity index is 1.74. The Morgan fingerprint density at radius 3 is 2.76 bits per heavy atom. The van der Waals surface area contributed by atoms with E-state index in [9.17, 15) is 0 Å². The lowest BCUT2D eigenvalue weighted by Crippen LogP contribution is -2.08. The van der Waals surface area contributed by atoms with Crippen LogP contribution in [0.3, 0.4) is 0 Å². The van der Waals surface area contributed by atoms with E-state index in [0.29, 0.717) is 6.54 Å². The Kier molecular flexibility index (Phi) is 3.79. The molecule has 0 saturated carbocycles. The third-order valence-electron chi connectivity index (χ3n) is 3.38. The molecule has 0 bridgehead atoms. The number of benzene rings is 1. The highest BCUT2D eigenvalue weighted by atomic mass is 15.4. The van der Waals surface area contributed by atoms with Crippen molar-refractivity contribution in [1.82, 2.24) is 24.8 Å². The van der Waals surface area contributed by atoms with Gasteiger partial charge in [-0.2, -0.15) is 5.10 Å². The van der Waals surface area contributed by atoms with Crippen LogP contribution in [-0.2, 0) is 6.54 Å². The number of para-hydroxylation sites is 1. The normalized spacial score (nSPS) is 12.5. The predicted octanol–water partition coefficient (Wildman–Crippen LogP) is 1.92. The van der Waals surface area contributed by atoms with Crippen molar-refractivity contribution in [1.29, 1.82) is 0 Å². The van der Waals surface area contributed by atoms with Gasteiger partial charge in [0.1, 0.15) is 0 Å². The van der Waals surface area contributed by atoms with Crippen LogP contribution < -0.4 is 5.73 Å². The van der Waals surface area contributed by atoms with E-state index < -0.39 is 0 Å². The lowest BCUT2D eigenvalue weighted by atomic mass is 10.2. The Labute approximate surface area is 123 Å². The zero-order valence-electron chi connectivity index (χ0n) is 11.9. The van der Waals surface area contributed by atoms with Gasteiger partial charge in [0.25, 0.3) is 0 Å². The van der Waals surface area contributed by atoms with Gasteiger partial charge >= 0.3 is 0 Å². The van der Waals surface area contributed by atoms with Crippen molar-refractivity contribution in [3.63, 3.8) is 0 Å². The van der Waals surface area contributed by atoms with Gasteiger partial charge in [0, 0.05) is 11.8 Å². The van der Waals surface area contributed by atoms with Gasteiger partial charge in [-0.15, -0.1) is 5.10 Å². The summed E-state index contributed by atoms with van der Waals surface area (Å²) in [5, 5.41) is 12.6. The summed E-state index contributed by atoms with van der Waals surface area (Å²) < 4.78 is 3.64. The minimum absolute atomic E-state index is 0.0502. The molecule has 1 aromatic carbocycles. The molecule has 21 heavy (non-hydrogen) atoms. The lowest BCUT2D eigenvalue weighted by molar-refractivity contribution is 0.644. The maximum atomic E-state index is 5.95. The second-order valence-corrected chi connectivity index (χ2v) is 4.98. The molecule has 0 aliphatic rings. The summed E-state index contributed by atoms with van der Waals surface area (Å²) in [5.41, 5.74) is 8.88. The van der Waals surface area contributed by atoms with E-state index in [2.05, 4.69) is 15.4 Å².